The average Bonchev–Trinajstić information content (AvgIpc) is 3.03. The van der Waals surface area contributed by atoms with Crippen LogP contribution in [0, 0.1) is 11.8 Å². The van der Waals surface area contributed by atoms with E-state index >= 15 is 0 Å². The van der Waals surface area contributed by atoms with E-state index in [0.29, 0.717) is 12.1 Å². The first kappa shape index (κ1) is 15.0. The number of hydrogen-bond donors (Lipinski definition) is 1. The Hall–Kier alpha value is -0.0800. The average molecular weight is 240 g/mol. The molecule has 0 saturated heterocycles. The second kappa shape index (κ2) is 7.38. The van der Waals surface area contributed by atoms with Crippen LogP contribution in [0.2, 0.25) is 0 Å². The Morgan fingerprint density at radius 2 is 1.76 bits per heavy atom. The Morgan fingerprint density at radius 3 is 2.24 bits per heavy atom. The molecule has 0 aromatic rings. The summed E-state index contributed by atoms with van der Waals surface area (Å²) in [5, 5.41) is 3.60. The molecular formula is C15H32N2. The molecule has 0 heterocycles. The summed E-state index contributed by atoms with van der Waals surface area (Å²) in [6, 6.07) is 1.35. The molecule has 0 amide bonds. The molecule has 0 spiro atoms. The fraction of sp³-hybridized carbons (Fsp3) is 1.00. The highest BCUT2D eigenvalue weighted by atomic mass is 15.2. The van der Waals surface area contributed by atoms with Gasteiger partial charge in [-0.05, 0) is 58.4 Å². The number of nitrogens with one attached hydrogen (secondary N) is 1. The zero-order valence-electron chi connectivity index (χ0n) is 12.5. The van der Waals surface area contributed by atoms with Gasteiger partial charge in [-0.3, -0.25) is 4.90 Å². The molecule has 1 fully saturated rings. The van der Waals surface area contributed by atoms with Crippen LogP contribution in [0.5, 0.6) is 0 Å². The van der Waals surface area contributed by atoms with Gasteiger partial charge >= 0.3 is 0 Å². The van der Waals surface area contributed by atoms with E-state index in [1.165, 1.54) is 25.8 Å². The van der Waals surface area contributed by atoms with E-state index in [0.717, 1.165) is 24.9 Å². The summed E-state index contributed by atoms with van der Waals surface area (Å²) in [6.45, 7) is 15.2. The lowest BCUT2D eigenvalue weighted by molar-refractivity contribution is 0.153. The van der Waals surface area contributed by atoms with Gasteiger partial charge in [-0.15, -0.1) is 0 Å². The van der Waals surface area contributed by atoms with Gasteiger partial charge in [0.05, 0.1) is 0 Å². The summed E-state index contributed by atoms with van der Waals surface area (Å²) in [7, 11) is 0. The van der Waals surface area contributed by atoms with E-state index in [1.807, 2.05) is 0 Å². The molecule has 0 aromatic carbocycles. The number of rotatable bonds is 9. The summed E-state index contributed by atoms with van der Waals surface area (Å²) in [5.41, 5.74) is 0. The Kier molecular flexibility index (Phi) is 6.50. The highest BCUT2D eigenvalue weighted by Crippen LogP contribution is 2.30. The maximum Gasteiger partial charge on any atom is 0.0195 e. The van der Waals surface area contributed by atoms with Crippen molar-refractivity contribution >= 4 is 0 Å². The van der Waals surface area contributed by atoms with Gasteiger partial charge in [0.1, 0.15) is 0 Å². The maximum atomic E-state index is 3.60. The van der Waals surface area contributed by atoms with Gasteiger partial charge in [-0.2, -0.15) is 0 Å². The van der Waals surface area contributed by atoms with E-state index in [-0.39, 0.29) is 0 Å². The van der Waals surface area contributed by atoms with E-state index in [4.69, 9.17) is 0 Å². The van der Waals surface area contributed by atoms with Gasteiger partial charge < -0.3 is 5.32 Å². The molecule has 0 bridgehead atoms. The smallest absolute Gasteiger partial charge is 0.0195 e. The molecule has 2 heteroatoms. The van der Waals surface area contributed by atoms with Crippen molar-refractivity contribution in [3.8, 4) is 0 Å². The molecule has 1 aliphatic rings. The van der Waals surface area contributed by atoms with Crippen LogP contribution in [-0.4, -0.2) is 36.6 Å². The second-order valence-electron chi connectivity index (χ2n) is 6.47. The zero-order chi connectivity index (χ0) is 12.8. The largest absolute Gasteiger partial charge is 0.315 e. The van der Waals surface area contributed by atoms with Crippen LogP contribution in [0.1, 0.15) is 53.9 Å². The Labute approximate surface area is 108 Å². The Bertz CT molecular complexity index is 197. The molecule has 1 aliphatic carbocycles. The number of hydrogen-bond acceptors (Lipinski definition) is 2. The Morgan fingerprint density at radius 1 is 1.12 bits per heavy atom. The SMILES string of the molecule is CC(C)CCNCC(C)N(CC1CC1)C(C)C. The van der Waals surface area contributed by atoms with Gasteiger partial charge in [-0.25, -0.2) is 0 Å². The van der Waals surface area contributed by atoms with Crippen LogP contribution in [0.15, 0.2) is 0 Å². The molecule has 17 heavy (non-hydrogen) atoms. The van der Waals surface area contributed by atoms with Crippen LogP contribution in [0.4, 0.5) is 0 Å². The molecule has 0 radical (unpaired) electrons. The summed E-state index contributed by atoms with van der Waals surface area (Å²) in [4.78, 5) is 2.67. The van der Waals surface area contributed by atoms with Gasteiger partial charge in [0.25, 0.3) is 0 Å². The highest BCUT2D eigenvalue weighted by Gasteiger charge is 2.27. The second-order valence-corrected chi connectivity index (χ2v) is 6.47. The maximum absolute atomic E-state index is 3.60. The lowest BCUT2D eigenvalue weighted by atomic mass is 10.1. The minimum Gasteiger partial charge on any atom is -0.315 e. The van der Waals surface area contributed by atoms with Crippen molar-refractivity contribution in [2.45, 2.75) is 66.0 Å². The van der Waals surface area contributed by atoms with Crippen molar-refractivity contribution in [2.75, 3.05) is 19.6 Å². The van der Waals surface area contributed by atoms with Crippen molar-refractivity contribution < 1.29 is 0 Å². The van der Waals surface area contributed by atoms with Gasteiger partial charge in [0.15, 0.2) is 0 Å². The van der Waals surface area contributed by atoms with Crippen LogP contribution < -0.4 is 5.32 Å². The predicted octanol–water partition coefficient (Wildman–Crippen LogP) is 3.13. The van der Waals surface area contributed by atoms with Crippen molar-refractivity contribution in [3.63, 3.8) is 0 Å². The van der Waals surface area contributed by atoms with E-state index in [2.05, 4.69) is 44.8 Å². The van der Waals surface area contributed by atoms with Gasteiger partial charge in [-0.1, -0.05) is 13.8 Å². The molecule has 0 aliphatic heterocycles. The summed E-state index contributed by atoms with van der Waals surface area (Å²) < 4.78 is 0. The molecule has 1 atom stereocenters. The topological polar surface area (TPSA) is 15.3 Å². The van der Waals surface area contributed by atoms with Crippen molar-refractivity contribution in [3.05, 3.63) is 0 Å². The molecule has 1 unspecified atom stereocenters. The minimum absolute atomic E-state index is 0.669. The van der Waals surface area contributed by atoms with Crippen LogP contribution in [0.25, 0.3) is 0 Å². The highest BCUT2D eigenvalue weighted by molar-refractivity contribution is 4.82. The Balaban J connectivity index is 2.19. The van der Waals surface area contributed by atoms with Crippen LogP contribution >= 0.6 is 0 Å². The summed E-state index contributed by atoms with van der Waals surface area (Å²) >= 11 is 0. The molecule has 1 saturated carbocycles. The third-order valence-corrected chi connectivity index (χ3v) is 3.73. The third-order valence-electron chi connectivity index (χ3n) is 3.73. The predicted molar refractivity (Wildman–Crippen MR) is 76.4 cm³/mol. The lowest BCUT2D eigenvalue weighted by Gasteiger charge is -2.33. The first-order chi connectivity index (χ1) is 8.00. The third kappa shape index (κ3) is 6.42. The fourth-order valence-electron chi connectivity index (χ4n) is 2.32. The van der Waals surface area contributed by atoms with E-state index in [1.54, 1.807) is 0 Å². The monoisotopic (exact) mass is 240 g/mol. The molecule has 0 aromatic heterocycles. The minimum atomic E-state index is 0.669. The quantitative estimate of drug-likeness (QED) is 0.623. The molecule has 1 rings (SSSR count). The van der Waals surface area contributed by atoms with Gasteiger partial charge in [0.2, 0.25) is 0 Å². The van der Waals surface area contributed by atoms with Crippen molar-refractivity contribution in [2.24, 2.45) is 11.8 Å². The molecular weight excluding hydrogens is 208 g/mol. The first-order valence-corrected chi connectivity index (χ1v) is 7.47. The number of nitrogens with zero attached hydrogens (tertiary/aromatic N) is 1. The van der Waals surface area contributed by atoms with E-state index < -0.39 is 0 Å². The van der Waals surface area contributed by atoms with Gasteiger partial charge in [0, 0.05) is 25.2 Å². The first-order valence-electron chi connectivity index (χ1n) is 7.47. The lowest BCUT2D eigenvalue weighted by Crippen LogP contribution is -2.45. The summed E-state index contributed by atoms with van der Waals surface area (Å²) in [6.07, 6.45) is 4.20. The standard InChI is InChI=1S/C15H32N2/c1-12(2)8-9-16-10-14(5)17(13(3)4)11-15-6-7-15/h12-16H,6-11H2,1-5H3. The van der Waals surface area contributed by atoms with Crippen LogP contribution in [0.3, 0.4) is 0 Å². The van der Waals surface area contributed by atoms with Crippen molar-refractivity contribution in [1.82, 2.24) is 10.2 Å². The van der Waals surface area contributed by atoms with E-state index in [9.17, 15) is 0 Å². The summed E-state index contributed by atoms with van der Waals surface area (Å²) in [5.74, 6) is 1.81. The fourth-order valence-corrected chi connectivity index (χ4v) is 2.32. The molecule has 1 N–H and O–H groups in total. The normalized spacial score (nSPS) is 18.4. The van der Waals surface area contributed by atoms with Crippen molar-refractivity contribution in [1.29, 1.82) is 0 Å². The zero-order valence-corrected chi connectivity index (χ0v) is 12.5. The molecule has 102 valence electrons. The van der Waals surface area contributed by atoms with Crippen LogP contribution in [-0.2, 0) is 0 Å². The molecule has 2 nitrogen and oxygen atoms in total.